The molecule has 1 aliphatic heterocycles. The van der Waals surface area contributed by atoms with Crippen molar-refractivity contribution in [2.24, 2.45) is 5.92 Å². The molecule has 4 nitrogen and oxygen atoms in total. The van der Waals surface area contributed by atoms with Gasteiger partial charge in [-0.3, -0.25) is 4.90 Å². The van der Waals surface area contributed by atoms with Crippen LogP contribution in [0.2, 0.25) is 0 Å². The summed E-state index contributed by atoms with van der Waals surface area (Å²) in [4.78, 5) is 2.41. The first-order valence-corrected chi connectivity index (χ1v) is 7.35. The van der Waals surface area contributed by atoms with E-state index < -0.39 is 0 Å². The van der Waals surface area contributed by atoms with Crippen LogP contribution >= 0.6 is 0 Å². The summed E-state index contributed by atoms with van der Waals surface area (Å²) >= 11 is 0. The highest BCUT2D eigenvalue weighted by atomic mass is 16.4. The molecule has 0 bridgehead atoms. The van der Waals surface area contributed by atoms with E-state index >= 15 is 0 Å². The second kappa shape index (κ2) is 6.18. The monoisotopic (exact) mass is 271 g/mol. The highest BCUT2D eigenvalue weighted by Gasteiger charge is 2.20. The fourth-order valence-electron chi connectivity index (χ4n) is 2.89. The molecule has 20 heavy (non-hydrogen) atoms. The minimum atomic E-state index is 0.652. The van der Waals surface area contributed by atoms with E-state index in [1.807, 2.05) is 6.92 Å². The number of hydrogen-bond acceptors (Lipinski definition) is 4. The molecule has 2 heterocycles. The van der Waals surface area contributed by atoms with Crippen molar-refractivity contribution >= 4 is 0 Å². The first-order valence-electron chi connectivity index (χ1n) is 7.35. The minimum absolute atomic E-state index is 0.652. The predicted molar refractivity (Wildman–Crippen MR) is 77.2 cm³/mol. The van der Waals surface area contributed by atoms with E-state index in [2.05, 4.69) is 45.4 Å². The maximum absolute atomic E-state index is 5.44. The molecule has 0 atom stereocenters. The second-order valence-corrected chi connectivity index (χ2v) is 5.62. The molecule has 0 spiro atoms. The quantitative estimate of drug-likeness (QED) is 0.857. The predicted octanol–water partition coefficient (Wildman–Crippen LogP) is 2.83. The maximum Gasteiger partial charge on any atom is 0.230 e. The van der Waals surface area contributed by atoms with Crippen LogP contribution in [0.15, 0.2) is 34.7 Å². The molecule has 0 unspecified atom stereocenters. The number of benzene rings is 1. The first kappa shape index (κ1) is 13.3. The fraction of sp³-hybridized carbons (Fsp3) is 0.500. The number of rotatable bonds is 4. The summed E-state index contributed by atoms with van der Waals surface area (Å²) in [6.07, 6.45) is 3.71. The van der Waals surface area contributed by atoms with Crippen LogP contribution < -0.4 is 0 Å². The van der Waals surface area contributed by atoms with Crippen LogP contribution in [0.5, 0.6) is 0 Å². The van der Waals surface area contributed by atoms with Gasteiger partial charge in [0, 0.05) is 6.92 Å². The van der Waals surface area contributed by atoms with E-state index in [1.54, 1.807) is 0 Å². The molecule has 1 aromatic heterocycles. The molecule has 106 valence electrons. The smallest absolute Gasteiger partial charge is 0.230 e. The number of aromatic nitrogens is 2. The summed E-state index contributed by atoms with van der Waals surface area (Å²) in [5, 5.41) is 7.95. The number of piperidine rings is 1. The van der Waals surface area contributed by atoms with Gasteiger partial charge in [-0.05, 0) is 43.8 Å². The molecule has 3 rings (SSSR count). The molecule has 0 radical (unpaired) electrons. The Morgan fingerprint density at radius 2 is 1.90 bits per heavy atom. The van der Waals surface area contributed by atoms with E-state index in [0.717, 1.165) is 31.4 Å². The SMILES string of the molecule is Cc1nnc(CN2CCC(Cc3ccccc3)CC2)o1. The molecule has 2 aromatic rings. The molecular formula is C16H21N3O. The third kappa shape index (κ3) is 3.45. The highest BCUT2D eigenvalue weighted by Crippen LogP contribution is 2.22. The number of nitrogens with zero attached hydrogens (tertiary/aromatic N) is 3. The molecule has 4 heteroatoms. The molecule has 1 fully saturated rings. The molecule has 0 amide bonds. The lowest BCUT2D eigenvalue weighted by Crippen LogP contribution is -2.33. The van der Waals surface area contributed by atoms with Gasteiger partial charge < -0.3 is 4.42 Å². The summed E-state index contributed by atoms with van der Waals surface area (Å²) in [6, 6.07) is 10.8. The molecule has 1 aromatic carbocycles. The number of hydrogen-bond donors (Lipinski definition) is 0. The van der Waals surface area contributed by atoms with Crippen LogP contribution in [0.25, 0.3) is 0 Å². The third-order valence-electron chi connectivity index (χ3n) is 4.00. The molecule has 1 saturated heterocycles. The van der Waals surface area contributed by atoms with Crippen molar-refractivity contribution in [2.75, 3.05) is 13.1 Å². The van der Waals surface area contributed by atoms with Crippen LogP contribution in [0.4, 0.5) is 0 Å². The van der Waals surface area contributed by atoms with Crippen LogP contribution in [-0.4, -0.2) is 28.2 Å². The Balaban J connectivity index is 1.47. The van der Waals surface area contributed by atoms with Crippen LogP contribution in [0.3, 0.4) is 0 Å². The van der Waals surface area contributed by atoms with Gasteiger partial charge in [-0.15, -0.1) is 10.2 Å². The summed E-state index contributed by atoms with van der Waals surface area (Å²) in [5.41, 5.74) is 1.46. The van der Waals surface area contributed by atoms with E-state index in [9.17, 15) is 0 Å². The molecule has 0 aliphatic carbocycles. The van der Waals surface area contributed by atoms with Gasteiger partial charge >= 0.3 is 0 Å². The minimum Gasteiger partial charge on any atom is -0.424 e. The first-order chi connectivity index (χ1) is 9.79. The van der Waals surface area contributed by atoms with Crippen LogP contribution in [0, 0.1) is 12.8 Å². The van der Waals surface area contributed by atoms with Crippen molar-refractivity contribution in [3.63, 3.8) is 0 Å². The Kier molecular flexibility index (Phi) is 4.11. The Bertz CT molecular complexity index is 530. The molecular weight excluding hydrogens is 250 g/mol. The van der Waals surface area contributed by atoms with Gasteiger partial charge in [0.05, 0.1) is 6.54 Å². The van der Waals surface area contributed by atoms with Gasteiger partial charge in [-0.1, -0.05) is 30.3 Å². The summed E-state index contributed by atoms with van der Waals surface area (Å²) < 4.78 is 5.44. The van der Waals surface area contributed by atoms with Gasteiger partial charge in [0.2, 0.25) is 11.8 Å². The largest absolute Gasteiger partial charge is 0.424 e. The average Bonchev–Trinajstić information content (AvgIpc) is 2.88. The van der Waals surface area contributed by atoms with Gasteiger partial charge in [-0.25, -0.2) is 0 Å². The van der Waals surface area contributed by atoms with Crippen molar-refractivity contribution in [3.05, 3.63) is 47.7 Å². The third-order valence-corrected chi connectivity index (χ3v) is 4.00. The highest BCUT2D eigenvalue weighted by molar-refractivity contribution is 5.15. The standard InChI is InChI=1S/C16H21N3O/c1-13-17-18-16(20-13)12-19-9-7-15(8-10-19)11-14-5-3-2-4-6-14/h2-6,15H,7-12H2,1H3. The van der Waals surface area contributed by atoms with Crippen molar-refractivity contribution in [2.45, 2.75) is 32.7 Å². The zero-order valence-electron chi connectivity index (χ0n) is 12.0. The Morgan fingerprint density at radius 3 is 2.55 bits per heavy atom. The van der Waals surface area contributed by atoms with Gasteiger partial charge in [0.15, 0.2) is 0 Å². The molecule has 0 saturated carbocycles. The summed E-state index contributed by atoms with van der Waals surface area (Å²) in [7, 11) is 0. The zero-order valence-corrected chi connectivity index (χ0v) is 12.0. The lowest BCUT2D eigenvalue weighted by Gasteiger charge is -2.31. The Morgan fingerprint density at radius 1 is 1.15 bits per heavy atom. The van der Waals surface area contributed by atoms with E-state index in [1.165, 1.54) is 24.8 Å². The van der Waals surface area contributed by atoms with Gasteiger partial charge in [0.1, 0.15) is 0 Å². The maximum atomic E-state index is 5.44. The van der Waals surface area contributed by atoms with Crippen molar-refractivity contribution in [1.82, 2.24) is 15.1 Å². The topological polar surface area (TPSA) is 42.2 Å². The Hall–Kier alpha value is -1.68. The zero-order chi connectivity index (χ0) is 13.8. The summed E-state index contributed by atoms with van der Waals surface area (Å²) in [5.74, 6) is 2.20. The van der Waals surface area contributed by atoms with E-state index in [4.69, 9.17) is 4.42 Å². The number of likely N-dealkylation sites (tertiary alicyclic amines) is 1. The van der Waals surface area contributed by atoms with Gasteiger partial charge in [-0.2, -0.15) is 0 Å². The average molecular weight is 271 g/mol. The lowest BCUT2D eigenvalue weighted by atomic mass is 9.90. The molecule has 1 aliphatic rings. The summed E-state index contributed by atoms with van der Waals surface area (Å²) in [6.45, 7) is 4.87. The van der Waals surface area contributed by atoms with Gasteiger partial charge in [0.25, 0.3) is 0 Å². The molecule has 0 N–H and O–H groups in total. The second-order valence-electron chi connectivity index (χ2n) is 5.62. The van der Waals surface area contributed by atoms with Crippen molar-refractivity contribution < 1.29 is 4.42 Å². The Labute approximate surface area is 119 Å². The van der Waals surface area contributed by atoms with E-state index in [0.29, 0.717) is 5.89 Å². The van der Waals surface area contributed by atoms with Crippen molar-refractivity contribution in [1.29, 1.82) is 0 Å². The van der Waals surface area contributed by atoms with Crippen molar-refractivity contribution in [3.8, 4) is 0 Å². The number of aryl methyl sites for hydroxylation is 1. The van der Waals surface area contributed by atoms with E-state index in [-0.39, 0.29) is 0 Å². The lowest BCUT2D eigenvalue weighted by molar-refractivity contribution is 0.163. The van der Waals surface area contributed by atoms with Crippen LogP contribution in [-0.2, 0) is 13.0 Å². The fourth-order valence-corrected chi connectivity index (χ4v) is 2.89. The van der Waals surface area contributed by atoms with Crippen LogP contribution in [0.1, 0.15) is 30.2 Å². The normalized spacial score (nSPS) is 17.4.